The van der Waals surface area contributed by atoms with Crippen LogP contribution < -0.4 is 11.1 Å². The van der Waals surface area contributed by atoms with E-state index in [0.717, 1.165) is 16.3 Å². The van der Waals surface area contributed by atoms with Crippen LogP contribution in [0.4, 0.5) is 0 Å². The number of nitrogens with one attached hydrogen (secondary N) is 1. The van der Waals surface area contributed by atoms with Crippen molar-refractivity contribution in [3.8, 4) is 0 Å². The predicted molar refractivity (Wildman–Crippen MR) is 85.3 cm³/mol. The number of benzene rings is 2. The minimum absolute atomic E-state index is 0.0714. The highest BCUT2D eigenvalue weighted by Gasteiger charge is 2.18. The third-order valence-corrected chi connectivity index (χ3v) is 3.37. The summed E-state index contributed by atoms with van der Waals surface area (Å²) in [6.45, 7) is 2.17. The summed E-state index contributed by atoms with van der Waals surface area (Å²) < 4.78 is 5.02. The Labute approximate surface area is 129 Å². The maximum atomic E-state index is 11.7. The van der Waals surface area contributed by atoms with Gasteiger partial charge in [0.25, 0.3) is 0 Å². The normalized spacial score (nSPS) is 12.0. The zero-order valence-electron chi connectivity index (χ0n) is 12.5. The van der Waals surface area contributed by atoms with Crippen molar-refractivity contribution in [1.29, 1.82) is 0 Å². The molecule has 0 aliphatic rings. The minimum atomic E-state index is -0.742. The lowest BCUT2D eigenvalue weighted by Gasteiger charge is -2.16. The molecular formula is C17H20N2O3. The standard InChI is InChI=1S/C17H20N2O3/c1-2-22-11-16(20)19-15(17(18)21)10-12-7-8-13-5-3-4-6-14(13)9-12/h3-9,15H,2,10-11H2,1H3,(H2,18,21)(H,19,20)/t15-/m0/s1. The smallest absolute Gasteiger partial charge is 0.246 e. The van der Waals surface area contributed by atoms with Crippen LogP contribution in [0, 0.1) is 0 Å². The van der Waals surface area contributed by atoms with Gasteiger partial charge in [0.2, 0.25) is 11.8 Å². The van der Waals surface area contributed by atoms with E-state index in [-0.39, 0.29) is 12.5 Å². The zero-order chi connectivity index (χ0) is 15.9. The van der Waals surface area contributed by atoms with Gasteiger partial charge < -0.3 is 15.8 Å². The number of fused-ring (bicyclic) bond motifs is 1. The van der Waals surface area contributed by atoms with Crippen molar-refractivity contribution in [2.75, 3.05) is 13.2 Å². The Morgan fingerprint density at radius 2 is 1.91 bits per heavy atom. The molecule has 1 atom stereocenters. The van der Waals surface area contributed by atoms with Crippen molar-refractivity contribution in [3.05, 3.63) is 48.0 Å². The fourth-order valence-electron chi connectivity index (χ4n) is 2.25. The average Bonchev–Trinajstić information content (AvgIpc) is 2.52. The summed E-state index contributed by atoms with van der Waals surface area (Å²) in [5.41, 5.74) is 6.32. The molecular weight excluding hydrogens is 280 g/mol. The number of nitrogens with two attached hydrogens (primary N) is 1. The Hall–Kier alpha value is -2.40. The third-order valence-electron chi connectivity index (χ3n) is 3.37. The van der Waals surface area contributed by atoms with Gasteiger partial charge in [-0.2, -0.15) is 0 Å². The van der Waals surface area contributed by atoms with Crippen LogP contribution in [0.25, 0.3) is 10.8 Å². The quantitative estimate of drug-likeness (QED) is 0.810. The van der Waals surface area contributed by atoms with E-state index < -0.39 is 11.9 Å². The lowest BCUT2D eigenvalue weighted by Crippen LogP contribution is -2.47. The second kappa shape index (κ2) is 7.56. The van der Waals surface area contributed by atoms with Crippen molar-refractivity contribution in [2.45, 2.75) is 19.4 Å². The molecule has 0 saturated heterocycles. The number of primary amides is 1. The van der Waals surface area contributed by atoms with Gasteiger partial charge in [0, 0.05) is 13.0 Å². The van der Waals surface area contributed by atoms with Crippen LogP contribution >= 0.6 is 0 Å². The lowest BCUT2D eigenvalue weighted by molar-refractivity contribution is -0.130. The van der Waals surface area contributed by atoms with Crippen LogP contribution in [0.15, 0.2) is 42.5 Å². The fourth-order valence-corrected chi connectivity index (χ4v) is 2.25. The van der Waals surface area contributed by atoms with E-state index in [9.17, 15) is 9.59 Å². The topological polar surface area (TPSA) is 81.4 Å². The molecule has 0 fully saturated rings. The number of hydrogen-bond donors (Lipinski definition) is 2. The molecule has 0 aromatic heterocycles. The first-order valence-corrected chi connectivity index (χ1v) is 7.24. The highest BCUT2D eigenvalue weighted by molar-refractivity contribution is 5.88. The van der Waals surface area contributed by atoms with Crippen LogP contribution in [-0.2, 0) is 20.7 Å². The number of carbonyl (C=O) groups is 2. The van der Waals surface area contributed by atoms with Gasteiger partial charge in [0.05, 0.1) is 0 Å². The van der Waals surface area contributed by atoms with E-state index in [2.05, 4.69) is 5.32 Å². The second-order valence-electron chi connectivity index (χ2n) is 5.05. The Morgan fingerprint density at radius 3 is 2.59 bits per heavy atom. The SMILES string of the molecule is CCOCC(=O)N[C@@H](Cc1ccc2ccccc2c1)C(N)=O. The predicted octanol–water partition coefficient (Wildman–Crippen LogP) is 1.39. The van der Waals surface area contributed by atoms with E-state index in [4.69, 9.17) is 10.5 Å². The number of hydrogen-bond acceptors (Lipinski definition) is 3. The number of ether oxygens (including phenoxy) is 1. The second-order valence-corrected chi connectivity index (χ2v) is 5.05. The Balaban J connectivity index is 2.08. The van der Waals surface area contributed by atoms with E-state index in [0.29, 0.717) is 13.0 Å². The van der Waals surface area contributed by atoms with Gasteiger partial charge in [-0.25, -0.2) is 0 Å². The lowest BCUT2D eigenvalue weighted by atomic mass is 10.0. The number of carbonyl (C=O) groups excluding carboxylic acids is 2. The van der Waals surface area contributed by atoms with Gasteiger partial charge >= 0.3 is 0 Å². The molecule has 2 amide bonds. The molecule has 5 nitrogen and oxygen atoms in total. The van der Waals surface area contributed by atoms with E-state index >= 15 is 0 Å². The zero-order valence-corrected chi connectivity index (χ0v) is 12.5. The van der Waals surface area contributed by atoms with E-state index in [1.807, 2.05) is 42.5 Å². The molecule has 22 heavy (non-hydrogen) atoms. The van der Waals surface area contributed by atoms with Crippen LogP contribution in [0.5, 0.6) is 0 Å². The minimum Gasteiger partial charge on any atom is -0.372 e. The van der Waals surface area contributed by atoms with Gasteiger partial charge in [-0.05, 0) is 23.3 Å². The molecule has 0 bridgehead atoms. The summed E-state index contributed by atoms with van der Waals surface area (Å²) in [6, 6.07) is 13.1. The molecule has 5 heteroatoms. The first kappa shape index (κ1) is 16.0. The molecule has 0 aliphatic heterocycles. The monoisotopic (exact) mass is 300 g/mol. The van der Waals surface area contributed by atoms with Crippen LogP contribution in [0.2, 0.25) is 0 Å². The molecule has 116 valence electrons. The van der Waals surface area contributed by atoms with Crippen molar-refractivity contribution in [2.24, 2.45) is 5.73 Å². The summed E-state index contributed by atoms with van der Waals surface area (Å²) >= 11 is 0. The average molecular weight is 300 g/mol. The van der Waals surface area contributed by atoms with Crippen molar-refractivity contribution in [1.82, 2.24) is 5.32 Å². The van der Waals surface area contributed by atoms with Crippen molar-refractivity contribution >= 4 is 22.6 Å². The van der Waals surface area contributed by atoms with Crippen LogP contribution in [-0.4, -0.2) is 31.1 Å². The largest absolute Gasteiger partial charge is 0.372 e. The molecule has 2 aromatic carbocycles. The van der Waals surface area contributed by atoms with Gasteiger partial charge in [0.15, 0.2) is 0 Å². The highest BCUT2D eigenvalue weighted by Crippen LogP contribution is 2.16. The Morgan fingerprint density at radius 1 is 1.18 bits per heavy atom. The van der Waals surface area contributed by atoms with Crippen molar-refractivity contribution in [3.63, 3.8) is 0 Å². The maximum absolute atomic E-state index is 11.7. The number of amides is 2. The molecule has 2 aromatic rings. The highest BCUT2D eigenvalue weighted by atomic mass is 16.5. The summed E-state index contributed by atoms with van der Waals surface area (Å²) in [5, 5.41) is 4.82. The van der Waals surface area contributed by atoms with Crippen LogP contribution in [0.3, 0.4) is 0 Å². The van der Waals surface area contributed by atoms with Crippen LogP contribution in [0.1, 0.15) is 12.5 Å². The first-order valence-electron chi connectivity index (χ1n) is 7.24. The first-order chi connectivity index (χ1) is 10.6. The van der Waals surface area contributed by atoms with Gasteiger partial charge in [0.1, 0.15) is 12.6 Å². The summed E-state index contributed by atoms with van der Waals surface area (Å²) in [6.07, 6.45) is 0.359. The fraction of sp³-hybridized carbons (Fsp3) is 0.294. The molecule has 0 radical (unpaired) electrons. The molecule has 0 unspecified atom stereocenters. The maximum Gasteiger partial charge on any atom is 0.246 e. The summed E-state index contributed by atoms with van der Waals surface area (Å²) in [7, 11) is 0. The molecule has 0 aliphatic carbocycles. The Bertz CT molecular complexity index is 670. The molecule has 3 N–H and O–H groups in total. The number of rotatable bonds is 7. The van der Waals surface area contributed by atoms with Gasteiger partial charge in [-0.15, -0.1) is 0 Å². The molecule has 0 spiro atoms. The van der Waals surface area contributed by atoms with Gasteiger partial charge in [-0.1, -0.05) is 42.5 Å². The summed E-state index contributed by atoms with van der Waals surface area (Å²) in [4.78, 5) is 23.2. The molecule has 0 saturated carbocycles. The Kier molecular flexibility index (Phi) is 5.49. The summed E-state index contributed by atoms with van der Waals surface area (Å²) in [5.74, 6) is -0.899. The third kappa shape index (κ3) is 4.30. The van der Waals surface area contributed by atoms with E-state index in [1.165, 1.54) is 0 Å². The molecule has 0 heterocycles. The van der Waals surface area contributed by atoms with Gasteiger partial charge in [-0.3, -0.25) is 9.59 Å². The van der Waals surface area contributed by atoms with Crippen molar-refractivity contribution < 1.29 is 14.3 Å². The van der Waals surface area contributed by atoms with E-state index in [1.54, 1.807) is 6.92 Å². The molecule has 2 rings (SSSR count).